The van der Waals surface area contributed by atoms with E-state index in [9.17, 15) is 9.59 Å². The lowest BCUT2D eigenvalue weighted by Crippen LogP contribution is -2.20. The van der Waals surface area contributed by atoms with Crippen molar-refractivity contribution in [1.29, 1.82) is 0 Å². The molecule has 0 spiro atoms. The lowest BCUT2D eigenvalue weighted by atomic mass is 10.2. The fraction of sp³-hybridized carbons (Fsp3) is 0. The summed E-state index contributed by atoms with van der Waals surface area (Å²) in [6, 6.07) is 14.4. The maximum atomic E-state index is 12.0. The number of carbonyl (C=O) groups excluding carboxylic acids is 2. The van der Waals surface area contributed by atoms with E-state index in [0.29, 0.717) is 27.5 Å². The second-order valence-corrected chi connectivity index (χ2v) is 10.3. The summed E-state index contributed by atoms with van der Waals surface area (Å²) in [7, 11) is 0. The molecule has 0 aliphatic carbocycles. The Hall–Kier alpha value is -4.83. The van der Waals surface area contributed by atoms with Gasteiger partial charge in [0.1, 0.15) is 0 Å². The smallest absolute Gasteiger partial charge is 0.307 e. The van der Waals surface area contributed by atoms with Gasteiger partial charge in [0.2, 0.25) is 0 Å². The van der Waals surface area contributed by atoms with Crippen molar-refractivity contribution in [3.05, 3.63) is 106 Å². The summed E-state index contributed by atoms with van der Waals surface area (Å²) in [5.74, 6) is 0.771. The van der Waals surface area contributed by atoms with Gasteiger partial charge in [-0.2, -0.15) is 0 Å². The van der Waals surface area contributed by atoms with Crippen LogP contribution in [0, 0.1) is 3.57 Å². The molecule has 0 saturated heterocycles. The molecule has 42 heavy (non-hydrogen) atoms. The molecule has 14 heteroatoms. The fourth-order valence-electron chi connectivity index (χ4n) is 3.75. The van der Waals surface area contributed by atoms with Gasteiger partial charge >= 0.3 is 12.1 Å². The zero-order valence-electron chi connectivity index (χ0n) is 21.5. The third-order valence-electron chi connectivity index (χ3n) is 5.55. The van der Waals surface area contributed by atoms with Crippen molar-refractivity contribution in [2.24, 2.45) is 0 Å². The molecule has 6 rings (SSSR count). The molecule has 0 saturated carbocycles. The number of halogens is 2. The topological polar surface area (TPSA) is 160 Å². The molecule has 0 atom stereocenters. The Kier molecular flexibility index (Phi) is 9.35. The highest BCUT2D eigenvalue weighted by Gasteiger charge is 2.11. The first-order valence-electron chi connectivity index (χ1n) is 12.2. The SMILES string of the molecule is O=C(Nc1cnccn1)Nc1c(Br)cnc2ccccc12.O=C(Nc1cnccn1)Nc1ccnc2c(I)cccc12. The number of urea groups is 2. The Balaban J connectivity index is 0.000000168. The van der Waals surface area contributed by atoms with E-state index in [1.54, 1.807) is 24.7 Å². The molecule has 4 N–H and O–H groups in total. The van der Waals surface area contributed by atoms with E-state index in [0.717, 1.165) is 25.4 Å². The lowest BCUT2D eigenvalue weighted by molar-refractivity contribution is 0.261. The van der Waals surface area contributed by atoms with Crippen LogP contribution < -0.4 is 21.3 Å². The number of hydrogen-bond donors (Lipinski definition) is 4. The van der Waals surface area contributed by atoms with Gasteiger partial charge < -0.3 is 10.6 Å². The van der Waals surface area contributed by atoms with Crippen molar-refractivity contribution < 1.29 is 9.59 Å². The minimum Gasteiger partial charge on any atom is -0.307 e. The van der Waals surface area contributed by atoms with E-state index >= 15 is 0 Å². The zero-order valence-corrected chi connectivity index (χ0v) is 25.2. The number of nitrogens with one attached hydrogen (secondary N) is 4. The van der Waals surface area contributed by atoms with Crippen LogP contribution in [0.15, 0.2) is 103 Å². The Morgan fingerprint density at radius 1 is 0.643 bits per heavy atom. The Morgan fingerprint density at radius 3 is 2.00 bits per heavy atom. The van der Waals surface area contributed by atoms with Crippen molar-refractivity contribution in [1.82, 2.24) is 29.9 Å². The van der Waals surface area contributed by atoms with E-state index in [-0.39, 0.29) is 6.03 Å². The van der Waals surface area contributed by atoms with Crippen LogP contribution in [0.3, 0.4) is 0 Å². The third kappa shape index (κ3) is 7.27. The van der Waals surface area contributed by atoms with Crippen LogP contribution in [0.2, 0.25) is 0 Å². The Morgan fingerprint density at radius 2 is 1.31 bits per heavy atom. The monoisotopic (exact) mass is 734 g/mol. The van der Waals surface area contributed by atoms with Crippen molar-refractivity contribution in [2.75, 3.05) is 21.3 Å². The maximum Gasteiger partial charge on any atom is 0.324 e. The molecular weight excluding hydrogens is 715 g/mol. The molecule has 2 aromatic carbocycles. The number of para-hydroxylation sites is 2. The zero-order chi connectivity index (χ0) is 29.3. The molecule has 0 aliphatic heterocycles. The summed E-state index contributed by atoms with van der Waals surface area (Å²) in [6.07, 6.45) is 12.4. The van der Waals surface area contributed by atoms with E-state index in [4.69, 9.17) is 0 Å². The van der Waals surface area contributed by atoms with Gasteiger partial charge in [0.15, 0.2) is 11.6 Å². The van der Waals surface area contributed by atoms with Crippen molar-refractivity contribution >= 4 is 95.4 Å². The number of amides is 4. The summed E-state index contributed by atoms with van der Waals surface area (Å²) >= 11 is 5.62. The maximum absolute atomic E-state index is 12.0. The predicted molar refractivity (Wildman–Crippen MR) is 173 cm³/mol. The number of rotatable bonds is 4. The molecule has 6 aromatic rings. The average Bonchev–Trinajstić information content (AvgIpc) is 3.00. The molecule has 12 nitrogen and oxygen atoms in total. The number of pyridine rings is 2. The van der Waals surface area contributed by atoms with Crippen LogP contribution in [0.1, 0.15) is 0 Å². The van der Waals surface area contributed by atoms with Crippen LogP contribution >= 0.6 is 38.5 Å². The van der Waals surface area contributed by atoms with Gasteiger partial charge in [-0.3, -0.25) is 30.6 Å². The van der Waals surface area contributed by atoms with E-state index in [2.05, 4.69) is 89.7 Å². The minimum absolute atomic E-state index is 0.373. The number of benzene rings is 2. The molecule has 0 fully saturated rings. The summed E-state index contributed by atoms with van der Waals surface area (Å²) in [6.45, 7) is 0. The van der Waals surface area contributed by atoms with Gasteiger partial charge in [-0.25, -0.2) is 19.6 Å². The Bertz CT molecular complexity index is 1860. The van der Waals surface area contributed by atoms with Gasteiger partial charge in [-0.1, -0.05) is 30.3 Å². The van der Waals surface area contributed by atoms with Crippen molar-refractivity contribution in [3.8, 4) is 0 Å². The molecule has 208 valence electrons. The summed E-state index contributed by atoms with van der Waals surface area (Å²) in [4.78, 5) is 48.4. The van der Waals surface area contributed by atoms with E-state index in [1.165, 1.54) is 31.0 Å². The third-order valence-corrected chi connectivity index (χ3v) is 7.02. The average molecular weight is 735 g/mol. The molecular formula is C28H20BrIN10O2. The highest BCUT2D eigenvalue weighted by atomic mass is 127. The number of nitrogens with zero attached hydrogens (tertiary/aromatic N) is 6. The molecule has 4 heterocycles. The first-order chi connectivity index (χ1) is 20.5. The first kappa shape index (κ1) is 28.7. The van der Waals surface area contributed by atoms with Gasteiger partial charge in [-0.15, -0.1) is 0 Å². The quantitative estimate of drug-likeness (QED) is 0.146. The van der Waals surface area contributed by atoms with E-state index in [1.807, 2.05) is 42.5 Å². The van der Waals surface area contributed by atoms with Crippen molar-refractivity contribution in [3.63, 3.8) is 0 Å². The number of anilines is 4. The van der Waals surface area contributed by atoms with Gasteiger partial charge in [0.05, 0.1) is 39.3 Å². The largest absolute Gasteiger partial charge is 0.324 e. The highest BCUT2D eigenvalue weighted by molar-refractivity contribution is 14.1. The highest BCUT2D eigenvalue weighted by Crippen LogP contribution is 2.30. The molecule has 4 amide bonds. The van der Waals surface area contributed by atoms with Crippen LogP contribution in [-0.2, 0) is 0 Å². The van der Waals surface area contributed by atoms with Gasteiger partial charge in [0.25, 0.3) is 0 Å². The van der Waals surface area contributed by atoms with Gasteiger partial charge in [-0.05, 0) is 56.7 Å². The summed E-state index contributed by atoms with van der Waals surface area (Å²) < 4.78 is 1.73. The van der Waals surface area contributed by atoms with Gasteiger partial charge in [0, 0.05) is 51.5 Å². The number of fused-ring (bicyclic) bond motifs is 2. The van der Waals surface area contributed by atoms with Crippen LogP contribution in [-0.4, -0.2) is 42.0 Å². The van der Waals surface area contributed by atoms with Crippen LogP contribution in [0.5, 0.6) is 0 Å². The van der Waals surface area contributed by atoms with E-state index < -0.39 is 6.03 Å². The standard InChI is InChI=1S/C14H10BrN5O.C14H10IN5O/c15-10-7-18-11-4-2-1-3-9(11)13(10)20-14(21)19-12-8-16-5-6-17-12;15-10-3-1-2-9-11(4-5-18-13(9)10)19-14(21)20-12-8-16-6-7-17-12/h2*1-8H,(H2,17,18,19,20,21). The number of aromatic nitrogens is 6. The fourth-order valence-corrected chi connectivity index (χ4v) is 4.80. The summed E-state index contributed by atoms with van der Waals surface area (Å²) in [5.41, 5.74) is 3.01. The normalized spacial score (nSPS) is 10.3. The molecule has 0 radical (unpaired) electrons. The molecule has 0 aliphatic rings. The van der Waals surface area contributed by atoms with Crippen LogP contribution in [0.25, 0.3) is 21.8 Å². The first-order valence-corrected chi connectivity index (χ1v) is 14.1. The predicted octanol–water partition coefficient (Wildman–Crippen LogP) is 6.70. The molecule has 0 bridgehead atoms. The number of carbonyl (C=O) groups is 2. The number of hydrogen-bond acceptors (Lipinski definition) is 8. The molecule has 0 unspecified atom stereocenters. The second kappa shape index (κ2) is 13.7. The second-order valence-electron chi connectivity index (χ2n) is 8.33. The van der Waals surface area contributed by atoms with Crippen LogP contribution in [0.4, 0.5) is 32.6 Å². The lowest BCUT2D eigenvalue weighted by Gasteiger charge is -2.11. The minimum atomic E-state index is -0.396. The van der Waals surface area contributed by atoms with Crippen molar-refractivity contribution in [2.45, 2.75) is 0 Å². The summed E-state index contributed by atoms with van der Waals surface area (Å²) in [5, 5.41) is 12.6. The Labute approximate surface area is 261 Å². The molecule has 4 aromatic heterocycles.